The standard InChI is InChI=1S/C11H19NO2S/c1-2-3-4-6-11(14)12-7-10-15-9-5-8-13/h2-4,6,13H,5,7-10H2,1H3,(H,12,14). The maximum Gasteiger partial charge on any atom is 0.244 e. The second-order valence-electron chi connectivity index (χ2n) is 2.87. The Bertz CT molecular complexity index is 215. The van der Waals surface area contributed by atoms with Crippen LogP contribution in [0.3, 0.4) is 0 Å². The number of allylic oxidation sites excluding steroid dienone is 3. The summed E-state index contributed by atoms with van der Waals surface area (Å²) in [4.78, 5) is 11.1. The summed E-state index contributed by atoms with van der Waals surface area (Å²) in [6.07, 6.45) is 7.73. The van der Waals surface area contributed by atoms with Crippen molar-refractivity contribution in [2.75, 3.05) is 24.7 Å². The lowest BCUT2D eigenvalue weighted by Crippen LogP contribution is -2.23. The Kier molecular flexibility index (Phi) is 10.8. The predicted molar refractivity (Wildman–Crippen MR) is 66.0 cm³/mol. The Labute approximate surface area is 95.6 Å². The monoisotopic (exact) mass is 229 g/mol. The highest BCUT2D eigenvalue weighted by atomic mass is 32.2. The van der Waals surface area contributed by atoms with Crippen LogP contribution in [0, 0.1) is 0 Å². The minimum absolute atomic E-state index is 0.0594. The lowest BCUT2D eigenvalue weighted by Gasteiger charge is -2.01. The lowest BCUT2D eigenvalue weighted by atomic mass is 10.4. The van der Waals surface area contributed by atoms with Gasteiger partial charge in [0.15, 0.2) is 0 Å². The molecule has 0 rings (SSSR count). The number of carbonyl (C=O) groups excluding carboxylic acids is 1. The van der Waals surface area contributed by atoms with Gasteiger partial charge in [-0.3, -0.25) is 4.79 Å². The first-order valence-corrected chi connectivity index (χ1v) is 6.22. The third-order valence-corrected chi connectivity index (χ3v) is 2.61. The van der Waals surface area contributed by atoms with Gasteiger partial charge in [0.05, 0.1) is 0 Å². The Morgan fingerprint density at radius 1 is 1.40 bits per heavy atom. The first-order valence-electron chi connectivity index (χ1n) is 5.07. The van der Waals surface area contributed by atoms with E-state index >= 15 is 0 Å². The summed E-state index contributed by atoms with van der Waals surface area (Å²) in [5.41, 5.74) is 0. The molecule has 15 heavy (non-hydrogen) atoms. The van der Waals surface area contributed by atoms with Crippen LogP contribution in [0.4, 0.5) is 0 Å². The highest BCUT2D eigenvalue weighted by molar-refractivity contribution is 7.99. The van der Waals surface area contributed by atoms with Crippen LogP contribution in [0.25, 0.3) is 0 Å². The van der Waals surface area contributed by atoms with Crippen molar-refractivity contribution < 1.29 is 9.90 Å². The molecule has 0 aromatic carbocycles. The van der Waals surface area contributed by atoms with E-state index in [1.165, 1.54) is 6.08 Å². The maximum atomic E-state index is 11.1. The molecule has 0 aliphatic rings. The fourth-order valence-corrected chi connectivity index (χ4v) is 1.61. The number of aliphatic hydroxyl groups is 1. The van der Waals surface area contributed by atoms with Crippen LogP contribution in [-0.2, 0) is 4.79 Å². The molecule has 0 fully saturated rings. The molecule has 0 spiro atoms. The zero-order valence-electron chi connectivity index (χ0n) is 9.11. The summed E-state index contributed by atoms with van der Waals surface area (Å²) in [7, 11) is 0. The van der Waals surface area contributed by atoms with Gasteiger partial charge in [0, 0.05) is 25.0 Å². The maximum absolute atomic E-state index is 11.1. The normalized spacial score (nSPS) is 11.3. The number of rotatable bonds is 8. The summed E-state index contributed by atoms with van der Waals surface area (Å²) < 4.78 is 0. The number of nitrogens with one attached hydrogen (secondary N) is 1. The highest BCUT2D eigenvalue weighted by Crippen LogP contribution is 1.99. The van der Waals surface area contributed by atoms with Crippen molar-refractivity contribution in [3.8, 4) is 0 Å². The molecule has 0 aliphatic heterocycles. The minimum atomic E-state index is -0.0594. The second kappa shape index (κ2) is 11.3. The Balaban J connectivity index is 3.31. The fraction of sp³-hybridized carbons (Fsp3) is 0.545. The van der Waals surface area contributed by atoms with Gasteiger partial charge in [0.25, 0.3) is 0 Å². The highest BCUT2D eigenvalue weighted by Gasteiger charge is 1.93. The molecule has 0 aromatic rings. The van der Waals surface area contributed by atoms with Crippen LogP contribution in [0.2, 0.25) is 0 Å². The molecule has 2 N–H and O–H groups in total. The number of hydrogen-bond acceptors (Lipinski definition) is 3. The molecule has 0 saturated heterocycles. The molecular formula is C11H19NO2S. The Morgan fingerprint density at radius 3 is 2.87 bits per heavy atom. The van der Waals surface area contributed by atoms with Crippen molar-refractivity contribution in [3.05, 3.63) is 24.3 Å². The number of carbonyl (C=O) groups is 1. The SMILES string of the molecule is CC=CC=CC(=O)NCCSCCCO. The van der Waals surface area contributed by atoms with Crippen molar-refractivity contribution in [3.63, 3.8) is 0 Å². The molecule has 0 saturated carbocycles. The summed E-state index contributed by atoms with van der Waals surface area (Å²) in [6, 6.07) is 0. The molecule has 3 nitrogen and oxygen atoms in total. The van der Waals surface area contributed by atoms with Crippen molar-refractivity contribution in [1.82, 2.24) is 5.32 Å². The molecular weight excluding hydrogens is 210 g/mol. The minimum Gasteiger partial charge on any atom is -0.396 e. The van der Waals surface area contributed by atoms with Gasteiger partial charge in [-0.05, 0) is 19.1 Å². The van der Waals surface area contributed by atoms with Crippen molar-refractivity contribution in [1.29, 1.82) is 0 Å². The Hall–Kier alpha value is -0.740. The fourth-order valence-electron chi connectivity index (χ4n) is 0.828. The van der Waals surface area contributed by atoms with Crippen molar-refractivity contribution in [2.24, 2.45) is 0 Å². The third-order valence-electron chi connectivity index (χ3n) is 1.54. The molecule has 0 aliphatic carbocycles. The summed E-state index contributed by atoms with van der Waals surface area (Å²) in [5.74, 6) is 1.78. The molecule has 86 valence electrons. The van der Waals surface area contributed by atoms with Crippen LogP contribution < -0.4 is 5.32 Å². The van der Waals surface area contributed by atoms with Gasteiger partial charge in [-0.15, -0.1) is 0 Å². The quantitative estimate of drug-likeness (QED) is 0.375. The molecule has 0 radical (unpaired) electrons. The van der Waals surface area contributed by atoms with Crippen molar-refractivity contribution >= 4 is 17.7 Å². The Morgan fingerprint density at radius 2 is 2.20 bits per heavy atom. The van der Waals surface area contributed by atoms with E-state index in [0.717, 1.165) is 17.9 Å². The van der Waals surface area contributed by atoms with Gasteiger partial charge in [0.1, 0.15) is 0 Å². The summed E-state index contributed by atoms with van der Waals surface area (Å²) >= 11 is 1.74. The molecule has 0 aromatic heterocycles. The average molecular weight is 229 g/mol. The van der Waals surface area contributed by atoms with Gasteiger partial charge in [-0.25, -0.2) is 0 Å². The number of hydrogen-bond donors (Lipinski definition) is 2. The van der Waals surface area contributed by atoms with Crippen LogP contribution in [0.15, 0.2) is 24.3 Å². The molecule has 1 amide bonds. The average Bonchev–Trinajstić information content (AvgIpc) is 2.23. The molecule has 4 heteroatoms. The van der Waals surface area contributed by atoms with E-state index in [1.54, 1.807) is 17.8 Å². The first-order chi connectivity index (χ1) is 7.31. The van der Waals surface area contributed by atoms with Crippen molar-refractivity contribution in [2.45, 2.75) is 13.3 Å². The van der Waals surface area contributed by atoms with Crippen LogP contribution >= 0.6 is 11.8 Å². The smallest absolute Gasteiger partial charge is 0.244 e. The topological polar surface area (TPSA) is 49.3 Å². The van der Waals surface area contributed by atoms with E-state index in [-0.39, 0.29) is 12.5 Å². The number of amides is 1. The largest absolute Gasteiger partial charge is 0.396 e. The van der Waals surface area contributed by atoms with E-state index in [2.05, 4.69) is 5.32 Å². The summed E-state index contributed by atoms with van der Waals surface area (Å²) in [6.45, 7) is 2.82. The zero-order chi connectivity index (χ0) is 11.4. The first kappa shape index (κ1) is 14.3. The van der Waals surface area contributed by atoms with E-state index < -0.39 is 0 Å². The molecule has 0 atom stereocenters. The summed E-state index contributed by atoms with van der Waals surface area (Å²) in [5, 5.41) is 11.3. The predicted octanol–water partition coefficient (Wildman–Crippen LogP) is 1.35. The van der Waals surface area contributed by atoms with E-state index in [9.17, 15) is 4.79 Å². The van der Waals surface area contributed by atoms with Gasteiger partial charge >= 0.3 is 0 Å². The van der Waals surface area contributed by atoms with E-state index in [1.807, 2.05) is 19.1 Å². The van der Waals surface area contributed by atoms with E-state index in [0.29, 0.717) is 6.54 Å². The molecule has 0 bridgehead atoms. The molecule has 0 unspecified atom stereocenters. The van der Waals surface area contributed by atoms with Crippen LogP contribution in [0.5, 0.6) is 0 Å². The third kappa shape index (κ3) is 11.2. The molecule has 0 heterocycles. The number of aliphatic hydroxyl groups excluding tert-OH is 1. The van der Waals surface area contributed by atoms with Crippen LogP contribution in [0.1, 0.15) is 13.3 Å². The zero-order valence-corrected chi connectivity index (χ0v) is 9.93. The van der Waals surface area contributed by atoms with Gasteiger partial charge in [-0.1, -0.05) is 18.2 Å². The van der Waals surface area contributed by atoms with Gasteiger partial charge in [0.2, 0.25) is 5.91 Å². The van der Waals surface area contributed by atoms with Gasteiger partial charge < -0.3 is 10.4 Å². The second-order valence-corrected chi connectivity index (χ2v) is 4.09. The lowest BCUT2D eigenvalue weighted by molar-refractivity contribution is -0.116. The van der Waals surface area contributed by atoms with Crippen LogP contribution in [-0.4, -0.2) is 35.7 Å². The van der Waals surface area contributed by atoms with E-state index in [4.69, 9.17) is 5.11 Å². The van der Waals surface area contributed by atoms with Gasteiger partial charge in [-0.2, -0.15) is 11.8 Å². The number of thioether (sulfide) groups is 1.